The number of aryl methyl sites for hydroxylation is 1. The van der Waals surface area contributed by atoms with Gasteiger partial charge in [0.05, 0.1) is 5.54 Å². The Hall–Kier alpha value is -1.76. The second-order valence-electron chi connectivity index (χ2n) is 3.76. The summed E-state index contributed by atoms with van der Waals surface area (Å²) >= 11 is 0. The molecule has 1 rings (SSSR count). The number of nitrogens with zero attached hydrogens (tertiary/aromatic N) is 2. The van der Waals surface area contributed by atoms with E-state index >= 15 is 0 Å². The van der Waals surface area contributed by atoms with Gasteiger partial charge < -0.3 is 9.88 Å². The summed E-state index contributed by atoms with van der Waals surface area (Å²) in [5.41, 5.74) is -0.720. The fraction of sp³-hybridized carbons (Fsp3) is 0.455. The van der Waals surface area contributed by atoms with Crippen LogP contribution in [0.1, 0.15) is 20.8 Å². The van der Waals surface area contributed by atoms with Crippen LogP contribution in [0.15, 0.2) is 17.2 Å². The van der Waals surface area contributed by atoms with E-state index in [0.717, 1.165) is 0 Å². The predicted octanol–water partition coefficient (Wildman–Crippen LogP) is 1.09. The van der Waals surface area contributed by atoms with Crippen molar-refractivity contribution in [2.45, 2.75) is 32.9 Å². The summed E-state index contributed by atoms with van der Waals surface area (Å²) in [5, 5.41) is 2.93. The first-order chi connectivity index (χ1) is 7.00. The lowest BCUT2D eigenvalue weighted by molar-refractivity contribution is 0.695. The first kappa shape index (κ1) is 11.3. The molecule has 1 aromatic heterocycles. The standard InChI is InChI=1S/C11H15N3O/c1-5-11(3,4)13-9-10(15)14(6-2)8-7-12-9/h1,7-8H,6H2,2-4H3,(H,12,13). The van der Waals surface area contributed by atoms with E-state index in [9.17, 15) is 4.79 Å². The number of anilines is 1. The largest absolute Gasteiger partial charge is 0.350 e. The summed E-state index contributed by atoms with van der Waals surface area (Å²) in [4.78, 5) is 15.7. The normalized spacial score (nSPS) is 10.8. The van der Waals surface area contributed by atoms with Gasteiger partial charge in [0.1, 0.15) is 0 Å². The summed E-state index contributed by atoms with van der Waals surface area (Å²) in [7, 11) is 0. The molecule has 0 amide bonds. The van der Waals surface area contributed by atoms with Gasteiger partial charge in [0.2, 0.25) is 0 Å². The molecule has 0 bridgehead atoms. The fourth-order valence-corrected chi connectivity index (χ4v) is 1.11. The number of aromatic nitrogens is 2. The van der Waals surface area contributed by atoms with Gasteiger partial charge in [-0.15, -0.1) is 6.42 Å². The van der Waals surface area contributed by atoms with Crippen molar-refractivity contribution in [3.05, 3.63) is 22.7 Å². The highest BCUT2D eigenvalue weighted by atomic mass is 16.1. The lowest BCUT2D eigenvalue weighted by Gasteiger charge is -2.19. The quantitative estimate of drug-likeness (QED) is 0.751. The number of nitrogens with one attached hydrogen (secondary N) is 1. The molecule has 0 aliphatic heterocycles. The highest BCUT2D eigenvalue weighted by Crippen LogP contribution is 2.06. The fourth-order valence-electron chi connectivity index (χ4n) is 1.11. The van der Waals surface area contributed by atoms with E-state index in [1.54, 1.807) is 17.0 Å². The molecule has 80 valence electrons. The molecule has 0 radical (unpaired) electrons. The van der Waals surface area contributed by atoms with Crippen molar-refractivity contribution in [2.24, 2.45) is 0 Å². The number of hydrogen-bond donors (Lipinski definition) is 1. The van der Waals surface area contributed by atoms with Crippen molar-refractivity contribution >= 4 is 5.82 Å². The maximum absolute atomic E-state index is 11.8. The predicted molar refractivity (Wildman–Crippen MR) is 60.7 cm³/mol. The summed E-state index contributed by atoms with van der Waals surface area (Å²) in [6.45, 7) is 6.15. The van der Waals surface area contributed by atoms with Gasteiger partial charge in [-0.3, -0.25) is 4.79 Å². The van der Waals surface area contributed by atoms with Crippen LogP contribution in [-0.2, 0) is 6.54 Å². The maximum atomic E-state index is 11.8. The van der Waals surface area contributed by atoms with Gasteiger partial charge in [-0.2, -0.15) is 0 Å². The Kier molecular flexibility index (Phi) is 3.15. The molecule has 0 atom stereocenters. The SMILES string of the molecule is C#CC(C)(C)Nc1nccn(CC)c1=O. The summed E-state index contributed by atoms with van der Waals surface area (Å²) in [6, 6.07) is 0. The lowest BCUT2D eigenvalue weighted by atomic mass is 10.1. The molecular formula is C11H15N3O. The highest BCUT2D eigenvalue weighted by Gasteiger charge is 2.16. The van der Waals surface area contributed by atoms with Gasteiger partial charge in [0, 0.05) is 18.9 Å². The Morgan fingerprint density at radius 3 is 2.87 bits per heavy atom. The zero-order valence-electron chi connectivity index (χ0n) is 9.24. The second-order valence-corrected chi connectivity index (χ2v) is 3.76. The molecule has 15 heavy (non-hydrogen) atoms. The highest BCUT2D eigenvalue weighted by molar-refractivity contribution is 5.38. The first-order valence-corrected chi connectivity index (χ1v) is 4.81. The van der Waals surface area contributed by atoms with E-state index in [4.69, 9.17) is 6.42 Å². The third-order valence-electron chi connectivity index (χ3n) is 2.05. The van der Waals surface area contributed by atoms with Crippen molar-refractivity contribution < 1.29 is 0 Å². The van der Waals surface area contributed by atoms with Crippen molar-refractivity contribution in [1.29, 1.82) is 0 Å². The first-order valence-electron chi connectivity index (χ1n) is 4.81. The van der Waals surface area contributed by atoms with Crippen LogP contribution in [0, 0.1) is 12.3 Å². The Labute approximate surface area is 89.3 Å². The van der Waals surface area contributed by atoms with Crippen molar-refractivity contribution in [1.82, 2.24) is 9.55 Å². The summed E-state index contributed by atoms with van der Waals surface area (Å²) < 4.78 is 1.57. The lowest BCUT2D eigenvalue weighted by Crippen LogP contribution is -2.34. The molecule has 1 heterocycles. The molecule has 0 aliphatic rings. The topological polar surface area (TPSA) is 46.9 Å². The Bertz CT molecular complexity index is 440. The molecular weight excluding hydrogens is 190 g/mol. The zero-order chi connectivity index (χ0) is 11.5. The molecule has 1 N–H and O–H groups in total. The van der Waals surface area contributed by atoms with Crippen LogP contribution >= 0.6 is 0 Å². The van der Waals surface area contributed by atoms with E-state index in [0.29, 0.717) is 12.4 Å². The number of terminal acetylenes is 1. The molecule has 1 aromatic rings. The van der Waals surface area contributed by atoms with Crippen LogP contribution in [0.4, 0.5) is 5.82 Å². The maximum Gasteiger partial charge on any atom is 0.293 e. The summed E-state index contributed by atoms with van der Waals surface area (Å²) in [6.07, 6.45) is 8.56. The minimum atomic E-state index is -0.570. The van der Waals surface area contributed by atoms with Crippen molar-refractivity contribution in [2.75, 3.05) is 5.32 Å². The molecule has 0 aliphatic carbocycles. The van der Waals surface area contributed by atoms with Gasteiger partial charge in [-0.1, -0.05) is 5.92 Å². The van der Waals surface area contributed by atoms with E-state index < -0.39 is 5.54 Å². The van der Waals surface area contributed by atoms with E-state index in [2.05, 4.69) is 16.2 Å². The third kappa shape index (κ3) is 2.59. The van der Waals surface area contributed by atoms with Gasteiger partial charge >= 0.3 is 0 Å². The van der Waals surface area contributed by atoms with E-state index in [-0.39, 0.29) is 5.56 Å². The molecule has 0 saturated heterocycles. The van der Waals surface area contributed by atoms with E-state index in [1.807, 2.05) is 20.8 Å². The zero-order valence-corrected chi connectivity index (χ0v) is 9.24. The van der Waals surface area contributed by atoms with Crippen LogP contribution in [0.3, 0.4) is 0 Å². The third-order valence-corrected chi connectivity index (χ3v) is 2.05. The van der Waals surface area contributed by atoms with Crippen LogP contribution < -0.4 is 10.9 Å². The van der Waals surface area contributed by atoms with Crippen LogP contribution in [0.25, 0.3) is 0 Å². The number of rotatable bonds is 3. The second kappa shape index (κ2) is 4.18. The molecule has 0 fully saturated rings. The van der Waals surface area contributed by atoms with Crippen LogP contribution in [-0.4, -0.2) is 15.1 Å². The number of hydrogen-bond acceptors (Lipinski definition) is 3. The Balaban J connectivity index is 3.08. The smallest absolute Gasteiger partial charge is 0.293 e. The average molecular weight is 205 g/mol. The van der Waals surface area contributed by atoms with Gasteiger partial charge in [-0.25, -0.2) is 4.98 Å². The molecule has 4 heteroatoms. The van der Waals surface area contributed by atoms with Gasteiger partial charge in [0.25, 0.3) is 5.56 Å². The van der Waals surface area contributed by atoms with Crippen LogP contribution in [0.2, 0.25) is 0 Å². The molecule has 0 saturated carbocycles. The van der Waals surface area contributed by atoms with Crippen LogP contribution in [0.5, 0.6) is 0 Å². The Morgan fingerprint density at radius 2 is 2.33 bits per heavy atom. The molecule has 0 aromatic carbocycles. The molecule has 0 spiro atoms. The summed E-state index contributed by atoms with van der Waals surface area (Å²) in [5.74, 6) is 2.85. The van der Waals surface area contributed by atoms with Gasteiger partial charge in [-0.05, 0) is 20.8 Å². The van der Waals surface area contributed by atoms with Gasteiger partial charge in [0.15, 0.2) is 5.82 Å². The monoisotopic (exact) mass is 205 g/mol. The van der Waals surface area contributed by atoms with Crippen molar-refractivity contribution in [3.8, 4) is 12.3 Å². The minimum absolute atomic E-state index is 0.150. The Morgan fingerprint density at radius 1 is 1.67 bits per heavy atom. The van der Waals surface area contributed by atoms with Crippen molar-refractivity contribution in [3.63, 3.8) is 0 Å². The van der Waals surface area contributed by atoms with E-state index in [1.165, 1.54) is 0 Å². The minimum Gasteiger partial charge on any atom is -0.350 e. The average Bonchev–Trinajstić information content (AvgIpc) is 2.21. The molecule has 0 unspecified atom stereocenters. The molecule has 4 nitrogen and oxygen atoms in total.